The van der Waals surface area contributed by atoms with Gasteiger partial charge in [-0.15, -0.1) is 0 Å². The molecule has 3 aliphatic rings. The van der Waals surface area contributed by atoms with Gasteiger partial charge in [-0.05, 0) is 32.4 Å². The van der Waals surface area contributed by atoms with Crippen molar-refractivity contribution in [3.05, 3.63) is 0 Å². The zero-order valence-electron chi connectivity index (χ0n) is 8.91. The van der Waals surface area contributed by atoms with Crippen LogP contribution in [0, 0.1) is 0 Å². The molecular weight excluding hydrogens is 174 g/mol. The monoisotopic (exact) mass is 195 g/mol. The Labute approximate surface area is 86.4 Å². The van der Waals surface area contributed by atoms with Gasteiger partial charge in [0, 0.05) is 38.3 Å². The standard InChI is InChI=1S/C11H21N3/c1-4-13(10-2-3-10)6-7-14(5-1)11-8-12-9-11/h10-12H,1-9H2. The van der Waals surface area contributed by atoms with Gasteiger partial charge in [-0.3, -0.25) is 9.80 Å². The molecule has 2 heterocycles. The quantitative estimate of drug-likeness (QED) is 0.675. The first kappa shape index (κ1) is 9.13. The van der Waals surface area contributed by atoms with Gasteiger partial charge in [0.05, 0.1) is 0 Å². The lowest BCUT2D eigenvalue weighted by Crippen LogP contribution is -2.57. The predicted octanol–water partition coefficient (Wildman–Crippen LogP) is 0.128. The van der Waals surface area contributed by atoms with Gasteiger partial charge in [-0.25, -0.2) is 0 Å². The summed E-state index contributed by atoms with van der Waals surface area (Å²) in [6.07, 6.45) is 4.31. The highest BCUT2D eigenvalue weighted by Crippen LogP contribution is 2.27. The third-order valence-corrected chi connectivity index (χ3v) is 3.90. The van der Waals surface area contributed by atoms with E-state index in [1.54, 1.807) is 0 Å². The molecule has 3 fully saturated rings. The summed E-state index contributed by atoms with van der Waals surface area (Å²) < 4.78 is 0. The van der Waals surface area contributed by atoms with Gasteiger partial charge in [-0.1, -0.05) is 0 Å². The van der Waals surface area contributed by atoms with Crippen molar-refractivity contribution in [3.63, 3.8) is 0 Å². The Bertz CT molecular complexity index is 199. The van der Waals surface area contributed by atoms with Crippen molar-refractivity contribution >= 4 is 0 Å². The molecule has 3 heteroatoms. The third kappa shape index (κ3) is 1.81. The largest absolute Gasteiger partial charge is 0.314 e. The number of rotatable bonds is 2. The molecule has 14 heavy (non-hydrogen) atoms. The first-order valence-electron chi connectivity index (χ1n) is 6.12. The average molecular weight is 195 g/mol. The van der Waals surface area contributed by atoms with Gasteiger partial charge in [0.25, 0.3) is 0 Å². The van der Waals surface area contributed by atoms with Gasteiger partial charge in [0.1, 0.15) is 0 Å². The number of nitrogens with zero attached hydrogens (tertiary/aromatic N) is 2. The molecule has 0 aromatic heterocycles. The number of nitrogens with one attached hydrogen (secondary N) is 1. The molecule has 0 aromatic carbocycles. The lowest BCUT2D eigenvalue weighted by molar-refractivity contribution is 0.148. The second-order valence-electron chi connectivity index (χ2n) is 4.97. The van der Waals surface area contributed by atoms with Crippen LogP contribution in [-0.2, 0) is 0 Å². The fourth-order valence-corrected chi connectivity index (χ4v) is 2.66. The summed E-state index contributed by atoms with van der Waals surface area (Å²) >= 11 is 0. The van der Waals surface area contributed by atoms with Crippen LogP contribution in [-0.4, -0.2) is 61.2 Å². The van der Waals surface area contributed by atoms with Crippen molar-refractivity contribution in [2.45, 2.75) is 31.3 Å². The smallest absolute Gasteiger partial charge is 0.0345 e. The van der Waals surface area contributed by atoms with E-state index in [1.807, 2.05) is 0 Å². The van der Waals surface area contributed by atoms with Gasteiger partial charge in [0.2, 0.25) is 0 Å². The fraction of sp³-hybridized carbons (Fsp3) is 1.00. The summed E-state index contributed by atoms with van der Waals surface area (Å²) in [7, 11) is 0. The van der Waals surface area contributed by atoms with E-state index in [-0.39, 0.29) is 0 Å². The van der Waals surface area contributed by atoms with E-state index in [4.69, 9.17) is 0 Å². The molecule has 2 aliphatic heterocycles. The normalized spacial score (nSPS) is 32.6. The van der Waals surface area contributed by atoms with Crippen LogP contribution >= 0.6 is 0 Å². The summed E-state index contributed by atoms with van der Waals surface area (Å²) in [5.41, 5.74) is 0. The molecule has 1 N–H and O–H groups in total. The molecule has 0 spiro atoms. The van der Waals surface area contributed by atoms with E-state index in [0.29, 0.717) is 0 Å². The second kappa shape index (κ2) is 3.80. The van der Waals surface area contributed by atoms with Crippen LogP contribution in [0.25, 0.3) is 0 Å². The van der Waals surface area contributed by atoms with Crippen LogP contribution in [0.15, 0.2) is 0 Å². The molecule has 1 aliphatic carbocycles. The summed E-state index contributed by atoms with van der Waals surface area (Å²) in [6.45, 7) is 7.76. The Morgan fingerprint density at radius 1 is 0.786 bits per heavy atom. The van der Waals surface area contributed by atoms with E-state index in [0.717, 1.165) is 12.1 Å². The fourth-order valence-electron chi connectivity index (χ4n) is 2.66. The van der Waals surface area contributed by atoms with Crippen molar-refractivity contribution in [3.8, 4) is 0 Å². The molecule has 0 radical (unpaired) electrons. The topological polar surface area (TPSA) is 18.5 Å². The predicted molar refractivity (Wildman–Crippen MR) is 57.4 cm³/mol. The van der Waals surface area contributed by atoms with Crippen molar-refractivity contribution in [2.24, 2.45) is 0 Å². The molecular formula is C11H21N3. The van der Waals surface area contributed by atoms with Gasteiger partial charge >= 0.3 is 0 Å². The highest BCUT2D eigenvalue weighted by atomic mass is 15.3. The first-order valence-corrected chi connectivity index (χ1v) is 6.12. The van der Waals surface area contributed by atoms with Crippen LogP contribution in [0.4, 0.5) is 0 Å². The molecule has 3 rings (SSSR count). The molecule has 0 unspecified atom stereocenters. The lowest BCUT2D eigenvalue weighted by atomic mass is 10.1. The lowest BCUT2D eigenvalue weighted by Gasteiger charge is -2.37. The van der Waals surface area contributed by atoms with E-state index >= 15 is 0 Å². The summed E-state index contributed by atoms with van der Waals surface area (Å²) in [4.78, 5) is 5.41. The molecule has 1 saturated carbocycles. The maximum Gasteiger partial charge on any atom is 0.0345 e. The molecule has 3 nitrogen and oxygen atoms in total. The maximum atomic E-state index is 3.37. The number of hydrogen-bond acceptors (Lipinski definition) is 3. The maximum absolute atomic E-state index is 3.37. The van der Waals surface area contributed by atoms with Crippen LogP contribution in [0.5, 0.6) is 0 Å². The Morgan fingerprint density at radius 2 is 1.43 bits per heavy atom. The molecule has 0 atom stereocenters. The van der Waals surface area contributed by atoms with Crippen molar-refractivity contribution in [1.29, 1.82) is 0 Å². The summed E-state index contributed by atoms with van der Waals surface area (Å²) in [6, 6.07) is 1.82. The van der Waals surface area contributed by atoms with Gasteiger partial charge in [-0.2, -0.15) is 0 Å². The Kier molecular flexibility index (Phi) is 2.48. The number of hydrogen-bond donors (Lipinski definition) is 1. The van der Waals surface area contributed by atoms with E-state index < -0.39 is 0 Å². The van der Waals surface area contributed by atoms with Crippen molar-refractivity contribution in [1.82, 2.24) is 15.1 Å². The van der Waals surface area contributed by atoms with E-state index in [2.05, 4.69) is 15.1 Å². The summed E-state index contributed by atoms with van der Waals surface area (Å²) in [5, 5.41) is 3.37. The van der Waals surface area contributed by atoms with Crippen molar-refractivity contribution in [2.75, 3.05) is 39.3 Å². The van der Waals surface area contributed by atoms with Crippen molar-refractivity contribution < 1.29 is 0 Å². The third-order valence-electron chi connectivity index (χ3n) is 3.90. The molecule has 0 amide bonds. The molecule has 0 aromatic rings. The minimum absolute atomic E-state index is 0.856. The minimum Gasteiger partial charge on any atom is -0.314 e. The van der Waals surface area contributed by atoms with E-state index in [1.165, 1.54) is 58.5 Å². The SMILES string of the molecule is C1CN(C2CC2)CCN(C2CNC2)C1. The van der Waals surface area contributed by atoms with Gasteiger partial charge < -0.3 is 5.32 Å². The highest BCUT2D eigenvalue weighted by Gasteiger charge is 2.32. The zero-order chi connectivity index (χ0) is 9.38. The molecule has 2 saturated heterocycles. The van der Waals surface area contributed by atoms with Crippen LogP contribution in [0.3, 0.4) is 0 Å². The Hall–Kier alpha value is -0.120. The minimum atomic E-state index is 0.856. The Balaban J connectivity index is 1.52. The van der Waals surface area contributed by atoms with E-state index in [9.17, 15) is 0 Å². The molecule has 80 valence electrons. The summed E-state index contributed by atoms with van der Waals surface area (Å²) in [5.74, 6) is 0. The Morgan fingerprint density at radius 3 is 1.93 bits per heavy atom. The van der Waals surface area contributed by atoms with Crippen LogP contribution in [0.2, 0.25) is 0 Å². The van der Waals surface area contributed by atoms with Gasteiger partial charge in [0.15, 0.2) is 0 Å². The highest BCUT2D eigenvalue weighted by molar-refractivity contribution is 4.90. The van der Waals surface area contributed by atoms with Crippen LogP contribution in [0.1, 0.15) is 19.3 Å². The average Bonchev–Trinajstić information content (AvgIpc) is 2.85. The molecule has 0 bridgehead atoms. The zero-order valence-corrected chi connectivity index (χ0v) is 8.91. The first-order chi connectivity index (χ1) is 6.93. The second-order valence-corrected chi connectivity index (χ2v) is 4.97. The van der Waals surface area contributed by atoms with Crippen LogP contribution < -0.4 is 5.32 Å².